The average Bonchev–Trinajstić information content (AvgIpc) is 2.88. The first-order valence-corrected chi connectivity index (χ1v) is 15.6. The van der Waals surface area contributed by atoms with Gasteiger partial charge in [-0.25, -0.2) is 4.79 Å². The lowest BCUT2D eigenvalue weighted by Gasteiger charge is -2.39. The lowest BCUT2D eigenvalue weighted by molar-refractivity contribution is -0.145. The molecule has 0 heterocycles. The molecule has 0 saturated heterocycles. The predicted molar refractivity (Wildman–Crippen MR) is 156 cm³/mol. The van der Waals surface area contributed by atoms with Gasteiger partial charge in [-0.2, -0.15) is 11.8 Å². The van der Waals surface area contributed by atoms with E-state index in [2.05, 4.69) is 17.6 Å². The van der Waals surface area contributed by atoms with E-state index >= 15 is 0 Å². The van der Waals surface area contributed by atoms with Gasteiger partial charge in [-0.15, -0.1) is 0 Å². The predicted octanol–water partition coefficient (Wildman–Crippen LogP) is 6.01. The quantitative estimate of drug-likeness (QED) is 0.334. The van der Waals surface area contributed by atoms with Gasteiger partial charge in [-0.05, 0) is 82.9 Å². The molecule has 1 aromatic rings. The summed E-state index contributed by atoms with van der Waals surface area (Å²) in [5, 5.41) is 6.08. The summed E-state index contributed by atoms with van der Waals surface area (Å²) in [5.41, 5.74) is 1.27. The van der Waals surface area contributed by atoms with E-state index in [1.54, 1.807) is 37.4 Å². The largest absolute Gasteiger partial charge is 0.444 e. The van der Waals surface area contributed by atoms with Crippen molar-refractivity contribution in [3.63, 3.8) is 0 Å². The molecule has 1 aliphatic rings. The molecule has 8 heteroatoms. The number of carbonyl (C=O) groups is 3. The van der Waals surface area contributed by atoms with Crippen LogP contribution in [0.2, 0.25) is 0 Å². The molecule has 0 radical (unpaired) electrons. The van der Waals surface area contributed by atoms with E-state index in [1.165, 1.54) is 12.0 Å². The Balaban J connectivity index is 2.47. The second kappa shape index (κ2) is 15.4. The van der Waals surface area contributed by atoms with Crippen molar-refractivity contribution in [3.8, 4) is 0 Å². The monoisotopic (exact) mass is 547 g/mol. The Morgan fingerprint density at radius 1 is 1.08 bits per heavy atom. The average molecular weight is 548 g/mol. The number of carbonyl (C=O) groups excluding carboxylic acids is 3. The smallest absolute Gasteiger partial charge is 0.408 e. The van der Waals surface area contributed by atoms with Gasteiger partial charge in [0.1, 0.15) is 17.7 Å². The van der Waals surface area contributed by atoms with Crippen LogP contribution in [0.3, 0.4) is 0 Å². The zero-order chi connectivity index (χ0) is 28.3. The highest BCUT2D eigenvalue weighted by atomic mass is 32.2. The van der Waals surface area contributed by atoms with Crippen LogP contribution < -0.4 is 10.6 Å². The lowest BCUT2D eigenvalue weighted by Crippen LogP contribution is -2.56. The third-order valence-electron chi connectivity index (χ3n) is 7.10. The van der Waals surface area contributed by atoms with Gasteiger partial charge in [-0.3, -0.25) is 9.59 Å². The molecule has 3 unspecified atom stereocenters. The molecule has 214 valence electrons. The van der Waals surface area contributed by atoms with Gasteiger partial charge in [0.05, 0.1) is 0 Å². The number of amides is 3. The van der Waals surface area contributed by atoms with Gasteiger partial charge < -0.3 is 20.3 Å². The van der Waals surface area contributed by atoms with Crippen molar-refractivity contribution >= 4 is 29.7 Å². The molecule has 7 nitrogen and oxygen atoms in total. The summed E-state index contributed by atoms with van der Waals surface area (Å²) in [6.45, 7) is 11.5. The van der Waals surface area contributed by atoms with Crippen molar-refractivity contribution in [1.29, 1.82) is 0 Å². The van der Waals surface area contributed by atoms with Crippen molar-refractivity contribution in [3.05, 3.63) is 35.4 Å². The molecule has 0 bridgehead atoms. The molecule has 1 fully saturated rings. The van der Waals surface area contributed by atoms with E-state index in [1.807, 2.05) is 44.4 Å². The number of aryl methyl sites for hydroxylation is 1. The Bertz CT molecular complexity index is 894. The molecule has 2 rings (SSSR count). The minimum absolute atomic E-state index is 0.120. The molecule has 3 atom stereocenters. The Hall–Kier alpha value is -2.22. The van der Waals surface area contributed by atoms with Gasteiger partial charge in [-0.1, -0.05) is 57.4 Å². The van der Waals surface area contributed by atoms with E-state index in [0.29, 0.717) is 18.6 Å². The number of alkyl carbamates (subject to hydrolysis) is 1. The molecule has 2 N–H and O–H groups in total. The maximum absolute atomic E-state index is 14.3. The highest BCUT2D eigenvalue weighted by Gasteiger charge is 2.39. The van der Waals surface area contributed by atoms with E-state index < -0.39 is 23.8 Å². The Morgan fingerprint density at radius 3 is 2.24 bits per heavy atom. The maximum atomic E-state index is 14.3. The standard InChI is InChI=1S/C30H49N3O4S/c1-8-21(3)33(28(35)25(19-20-38-7)32-29(36)37-30(4,5)6)26(23-17-15-22(9-2)16-18-23)27(34)31-24-13-11-10-12-14-24/h15-18,21,24-26H,8-14,19-20H2,1-7H3,(H,31,34)(H,32,36). The van der Waals surface area contributed by atoms with Crippen molar-refractivity contribution in [2.24, 2.45) is 0 Å². The van der Waals surface area contributed by atoms with Crippen LogP contribution in [0, 0.1) is 0 Å². The fourth-order valence-electron chi connectivity index (χ4n) is 4.82. The molecular weight excluding hydrogens is 498 g/mol. The van der Waals surface area contributed by atoms with Crippen molar-refractivity contribution in [2.45, 2.75) is 123 Å². The summed E-state index contributed by atoms with van der Waals surface area (Å²) in [4.78, 5) is 42.6. The second-order valence-electron chi connectivity index (χ2n) is 11.3. The van der Waals surface area contributed by atoms with Crippen LogP contribution in [-0.2, 0) is 20.7 Å². The molecule has 0 spiro atoms. The number of ether oxygens (including phenoxy) is 1. The number of hydrogen-bond acceptors (Lipinski definition) is 5. The van der Waals surface area contributed by atoms with Gasteiger partial charge in [0, 0.05) is 12.1 Å². The fourth-order valence-corrected chi connectivity index (χ4v) is 5.29. The van der Waals surface area contributed by atoms with E-state index in [0.717, 1.165) is 37.7 Å². The Kier molecular flexibility index (Phi) is 13.0. The van der Waals surface area contributed by atoms with Crippen molar-refractivity contribution < 1.29 is 19.1 Å². The van der Waals surface area contributed by atoms with Gasteiger partial charge in [0.25, 0.3) is 0 Å². The summed E-state index contributed by atoms with van der Waals surface area (Å²) in [5.74, 6) is 0.267. The zero-order valence-electron chi connectivity index (χ0n) is 24.5. The minimum atomic E-state index is -0.800. The molecule has 0 aromatic heterocycles. The Labute approximate surface area is 234 Å². The number of hydrogen-bond donors (Lipinski definition) is 2. The SMILES string of the molecule is CCc1ccc(C(C(=O)NC2CCCCC2)N(C(=O)C(CCSC)NC(=O)OC(C)(C)C)C(C)CC)cc1. The molecular formula is C30H49N3O4S. The van der Waals surface area contributed by atoms with Crippen LogP contribution in [0.4, 0.5) is 4.79 Å². The minimum Gasteiger partial charge on any atom is -0.444 e. The summed E-state index contributed by atoms with van der Waals surface area (Å²) >= 11 is 1.61. The van der Waals surface area contributed by atoms with Crippen LogP contribution in [-0.4, -0.2) is 58.5 Å². The number of nitrogens with one attached hydrogen (secondary N) is 2. The second-order valence-corrected chi connectivity index (χ2v) is 12.3. The van der Waals surface area contributed by atoms with Crippen LogP contribution in [0.1, 0.15) is 104 Å². The topological polar surface area (TPSA) is 87.7 Å². The molecule has 3 amide bonds. The number of benzene rings is 1. The van der Waals surface area contributed by atoms with Crippen LogP contribution in [0.25, 0.3) is 0 Å². The summed E-state index contributed by atoms with van der Waals surface area (Å²) in [7, 11) is 0. The highest BCUT2D eigenvalue weighted by molar-refractivity contribution is 7.98. The molecule has 0 aliphatic heterocycles. The van der Waals surface area contributed by atoms with Crippen LogP contribution in [0.5, 0.6) is 0 Å². The molecule has 38 heavy (non-hydrogen) atoms. The maximum Gasteiger partial charge on any atom is 0.408 e. The fraction of sp³-hybridized carbons (Fsp3) is 0.700. The first-order valence-electron chi connectivity index (χ1n) is 14.2. The summed E-state index contributed by atoms with van der Waals surface area (Å²) in [6.07, 6.45) is 8.67. The van der Waals surface area contributed by atoms with Crippen molar-refractivity contribution in [1.82, 2.24) is 15.5 Å². The van der Waals surface area contributed by atoms with E-state index in [4.69, 9.17) is 4.74 Å². The van der Waals surface area contributed by atoms with Gasteiger partial charge in [0.15, 0.2) is 0 Å². The van der Waals surface area contributed by atoms with Gasteiger partial charge in [0.2, 0.25) is 11.8 Å². The molecule has 1 saturated carbocycles. The third kappa shape index (κ3) is 9.83. The number of nitrogens with zero attached hydrogens (tertiary/aromatic N) is 1. The summed E-state index contributed by atoms with van der Waals surface area (Å²) < 4.78 is 5.48. The van der Waals surface area contributed by atoms with Gasteiger partial charge >= 0.3 is 6.09 Å². The summed E-state index contributed by atoms with van der Waals surface area (Å²) in [6, 6.07) is 6.30. The third-order valence-corrected chi connectivity index (χ3v) is 7.75. The van der Waals surface area contributed by atoms with E-state index in [9.17, 15) is 14.4 Å². The number of thioether (sulfide) groups is 1. The first kappa shape index (κ1) is 32.0. The van der Waals surface area contributed by atoms with Crippen LogP contribution >= 0.6 is 11.8 Å². The number of rotatable bonds is 12. The van der Waals surface area contributed by atoms with E-state index in [-0.39, 0.29) is 23.9 Å². The van der Waals surface area contributed by atoms with Crippen molar-refractivity contribution in [2.75, 3.05) is 12.0 Å². The normalized spacial score (nSPS) is 16.7. The zero-order valence-corrected chi connectivity index (χ0v) is 25.3. The van der Waals surface area contributed by atoms with Crippen LogP contribution in [0.15, 0.2) is 24.3 Å². The molecule has 1 aliphatic carbocycles. The highest BCUT2D eigenvalue weighted by Crippen LogP contribution is 2.28. The Morgan fingerprint density at radius 2 is 1.71 bits per heavy atom. The molecule has 1 aromatic carbocycles. The first-order chi connectivity index (χ1) is 18.0. The lowest BCUT2D eigenvalue weighted by atomic mass is 9.94.